The molecular weight excluding hydrogens is 360 g/mol. The third-order valence-electron chi connectivity index (χ3n) is 4.97. The van der Waals surface area contributed by atoms with Gasteiger partial charge in [-0.3, -0.25) is 19.8 Å². The van der Waals surface area contributed by atoms with E-state index in [0.717, 1.165) is 42.9 Å². The van der Waals surface area contributed by atoms with Crippen molar-refractivity contribution >= 4 is 16.7 Å². The van der Waals surface area contributed by atoms with Crippen molar-refractivity contribution in [1.29, 1.82) is 0 Å². The number of hydrogen-bond donors (Lipinski definition) is 0. The molecule has 0 radical (unpaired) electrons. The molecule has 1 aromatic carbocycles. The van der Waals surface area contributed by atoms with E-state index < -0.39 is 4.92 Å². The van der Waals surface area contributed by atoms with Crippen LogP contribution in [0.1, 0.15) is 36.0 Å². The Labute approximate surface area is 161 Å². The van der Waals surface area contributed by atoms with Crippen LogP contribution < -0.4 is 5.43 Å². The molecule has 0 saturated carbocycles. The second-order valence-corrected chi connectivity index (χ2v) is 7.00. The first kappa shape index (κ1) is 18.2. The normalized spacial score (nSPS) is 14.2. The van der Waals surface area contributed by atoms with Crippen molar-refractivity contribution in [2.45, 2.75) is 39.3 Å². The molecule has 0 spiro atoms. The van der Waals surface area contributed by atoms with Gasteiger partial charge < -0.3 is 4.42 Å². The van der Waals surface area contributed by atoms with Crippen molar-refractivity contribution in [1.82, 2.24) is 14.9 Å². The van der Waals surface area contributed by atoms with Crippen molar-refractivity contribution < 1.29 is 9.34 Å². The third kappa shape index (κ3) is 3.50. The first-order valence-electron chi connectivity index (χ1n) is 9.30. The fraction of sp³-hybridized carbons (Fsp3) is 0.350. The van der Waals surface area contributed by atoms with E-state index in [-0.39, 0.29) is 16.5 Å². The second-order valence-electron chi connectivity index (χ2n) is 7.00. The van der Waals surface area contributed by atoms with Crippen molar-refractivity contribution in [2.75, 3.05) is 6.54 Å². The number of fused-ring (bicyclic) bond motifs is 2. The first-order valence-corrected chi connectivity index (χ1v) is 9.30. The molecule has 0 amide bonds. The largest absolute Gasteiger partial charge is 0.464 e. The Morgan fingerprint density at radius 1 is 1.36 bits per heavy atom. The standard InChI is InChI=1S/C20H20N4O4/c1-2-3-19-21-9-13-10-23(7-6-17(13)22-19)11-14-12-28-18-5-4-15(24(26)27)8-16(18)20(14)25/h4-5,8-9,12H,2-3,6-7,10-11H2,1H3. The topological polar surface area (TPSA) is 102 Å². The van der Waals surface area contributed by atoms with Crippen LogP contribution in [0, 0.1) is 10.1 Å². The maximum atomic E-state index is 12.8. The molecule has 144 valence electrons. The van der Waals surface area contributed by atoms with E-state index in [4.69, 9.17) is 4.42 Å². The summed E-state index contributed by atoms with van der Waals surface area (Å²) < 4.78 is 5.54. The highest BCUT2D eigenvalue weighted by Gasteiger charge is 2.20. The number of non-ortho nitro benzene ring substituents is 1. The molecule has 1 aliphatic heterocycles. The number of nitro groups is 1. The molecular formula is C20H20N4O4. The number of aromatic nitrogens is 2. The average molecular weight is 380 g/mol. The molecule has 0 fully saturated rings. The van der Waals surface area contributed by atoms with Gasteiger partial charge in [0, 0.05) is 67.6 Å². The summed E-state index contributed by atoms with van der Waals surface area (Å²) in [7, 11) is 0. The number of nitrogens with zero attached hydrogens (tertiary/aromatic N) is 4. The predicted octanol–water partition coefficient (Wildman–Crippen LogP) is 3.00. The highest BCUT2D eigenvalue weighted by Crippen LogP contribution is 2.21. The van der Waals surface area contributed by atoms with Gasteiger partial charge in [0.25, 0.3) is 5.69 Å². The molecule has 3 heterocycles. The lowest BCUT2D eigenvalue weighted by Crippen LogP contribution is -2.32. The highest BCUT2D eigenvalue weighted by atomic mass is 16.6. The van der Waals surface area contributed by atoms with Crippen LogP contribution in [-0.4, -0.2) is 26.3 Å². The minimum absolute atomic E-state index is 0.121. The lowest BCUT2D eigenvalue weighted by molar-refractivity contribution is -0.384. The van der Waals surface area contributed by atoms with Gasteiger partial charge >= 0.3 is 0 Å². The van der Waals surface area contributed by atoms with Crippen LogP contribution in [0.3, 0.4) is 0 Å². The van der Waals surface area contributed by atoms with E-state index in [1.165, 1.54) is 24.5 Å². The summed E-state index contributed by atoms with van der Waals surface area (Å²) in [6.07, 6.45) is 6.03. The van der Waals surface area contributed by atoms with Crippen molar-refractivity contribution in [3.8, 4) is 0 Å². The Morgan fingerprint density at radius 2 is 2.21 bits per heavy atom. The minimum Gasteiger partial charge on any atom is -0.464 e. The van der Waals surface area contributed by atoms with Gasteiger partial charge in [-0.2, -0.15) is 0 Å². The molecule has 4 rings (SSSR count). The second kappa shape index (κ2) is 7.47. The molecule has 0 atom stereocenters. The molecule has 28 heavy (non-hydrogen) atoms. The monoisotopic (exact) mass is 380 g/mol. The molecule has 8 heteroatoms. The van der Waals surface area contributed by atoms with Gasteiger partial charge in [0.1, 0.15) is 11.4 Å². The summed E-state index contributed by atoms with van der Waals surface area (Å²) in [5.41, 5.74) is 2.64. The van der Waals surface area contributed by atoms with Crippen molar-refractivity contribution in [2.24, 2.45) is 0 Å². The van der Waals surface area contributed by atoms with Gasteiger partial charge in [-0.05, 0) is 12.5 Å². The van der Waals surface area contributed by atoms with Crippen LogP contribution in [0.5, 0.6) is 0 Å². The fourth-order valence-corrected chi connectivity index (χ4v) is 3.52. The maximum absolute atomic E-state index is 12.8. The molecule has 0 saturated heterocycles. The van der Waals surface area contributed by atoms with Gasteiger partial charge in [-0.15, -0.1) is 0 Å². The van der Waals surface area contributed by atoms with Crippen LogP contribution in [-0.2, 0) is 25.9 Å². The molecule has 8 nitrogen and oxygen atoms in total. The Bertz CT molecular complexity index is 1110. The molecule has 0 bridgehead atoms. The Hall–Kier alpha value is -3.13. The fourth-order valence-electron chi connectivity index (χ4n) is 3.52. The van der Waals surface area contributed by atoms with Crippen LogP contribution in [0.25, 0.3) is 11.0 Å². The van der Waals surface area contributed by atoms with E-state index in [1.807, 2.05) is 6.20 Å². The summed E-state index contributed by atoms with van der Waals surface area (Å²) in [6.45, 7) is 3.96. The van der Waals surface area contributed by atoms with E-state index >= 15 is 0 Å². The zero-order valence-electron chi connectivity index (χ0n) is 15.6. The molecule has 3 aromatic rings. The number of hydrogen-bond acceptors (Lipinski definition) is 7. The summed E-state index contributed by atoms with van der Waals surface area (Å²) in [5.74, 6) is 0.881. The zero-order valence-corrected chi connectivity index (χ0v) is 15.6. The Balaban J connectivity index is 1.58. The number of rotatable bonds is 5. The van der Waals surface area contributed by atoms with Gasteiger partial charge in [0.05, 0.1) is 16.6 Å². The van der Waals surface area contributed by atoms with Gasteiger partial charge in [0.15, 0.2) is 5.43 Å². The summed E-state index contributed by atoms with van der Waals surface area (Å²) in [6, 6.07) is 4.07. The van der Waals surface area contributed by atoms with Crippen molar-refractivity contribution in [3.05, 3.63) is 73.6 Å². The zero-order chi connectivity index (χ0) is 19.7. The summed E-state index contributed by atoms with van der Waals surface area (Å²) >= 11 is 0. The quantitative estimate of drug-likeness (QED) is 0.495. The van der Waals surface area contributed by atoms with Gasteiger partial charge in [0.2, 0.25) is 0 Å². The van der Waals surface area contributed by atoms with Crippen LogP contribution in [0.2, 0.25) is 0 Å². The maximum Gasteiger partial charge on any atom is 0.270 e. The molecule has 0 N–H and O–H groups in total. The van der Waals surface area contributed by atoms with E-state index in [0.29, 0.717) is 24.2 Å². The number of aryl methyl sites for hydroxylation is 1. The van der Waals surface area contributed by atoms with Crippen LogP contribution >= 0.6 is 0 Å². The van der Waals surface area contributed by atoms with Crippen LogP contribution in [0.15, 0.2) is 39.9 Å². The smallest absolute Gasteiger partial charge is 0.270 e. The number of benzene rings is 1. The Kier molecular flexibility index (Phi) is 4.87. The minimum atomic E-state index is -0.514. The average Bonchev–Trinajstić information content (AvgIpc) is 2.70. The lowest BCUT2D eigenvalue weighted by atomic mass is 10.1. The SMILES string of the molecule is CCCc1ncc2c(n1)CCN(Cc1coc3ccc([N+](=O)[O-])cc3c1=O)C2. The van der Waals surface area contributed by atoms with Crippen molar-refractivity contribution in [3.63, 3.8) is 0 Å². The lowest BCUT2D eigenvalue weighted by Gasteiger charge is -2.27. The number of nitro benzene ring substituents is 1. The highest BCUT2D eigenvalue weighted by molar-refractivity contribution is 5.79. The van der Waals surface area contributed by atoms with E-state index in [1.54, 1.807) is 0 Å². The molecule has 1 aliphatic rings. The van der Waals surface area contributed by atoms with E-state index in [9.17, 15) is 14.9 Å². The van der Waals surface area contributed by atoms with Crippen LogP contribution in [0.4, 0.5) is 5.69 Å². The molecule has 0 unspecified atom stereocenters. The van der Waals surface area contributed by atoms with Gasteiger partial charge in [-0.1, -0.05) is 6.92 Å². The predicted molar refractivity (Wildman–Crippen MR) is 103 cm³/mol. The Morgan fingerprint density at radius 3 is 3.00 bits per heavy atom. The first-order chi connectivity index (χ1) is 13.5. The molecule has 2 aromatic heterocycles. The molecule has 0 aliphatic carbocycles. The van der Waals surface area contributed by atoms with E-state index in [2.05, 4.69) is 21.8 Å². The van der Waals surface area contributed by atoms with Gasteiger partial charge in [-0.25, -0.2) is 9.97 Å². The third-order valence-corrected chi connectivity index (χ3v) is 4.97. The summed E-state index contributed by atoms with van der Waals surface area (Å²) in [4.78, 5) is 34.5. The summed E-state index contributed by atoms with van der Waals surface area (Å²) in [5, 5.41) is 11.2.